The van der Waals surface area contributed by atoms with Crippen molar-refractivity contribution in [3.05, 3.63) is 65.7 Å². The van der Waals surface area contributed by atoms with E-state index in [-0.39, 0.29) is 12.5 Å². The van der Waals surface area contributed by atoms with Crippen LogP contribution in [-0.4, -0.2) is 60.8 Å². The van der Waals surface area contributed by atoms with Crippen LogP contribution >= 0.6 is 0 Å². The molecular formula is C29H37N3O7. The molecule has 2 aromatic carbocycles. The predicted octanol–water partition coefficient (Wildman–Crippen LogP) is 4.74. The number of methoxy groups -OCH3 is 1. The molecule has 2 atom stereocenters. The molecule has 3 rings (SSSR count). The SMILES string of the molecule is COC(=O)N1CCCC(CC(NC(=O)OCc2ccccc2)C(=O)Nc2ccc(C(=O)OC(C)(C)C)cc2)C1. The lowest BCUT2D eigenvalue weighted by molar-refractivity contribution is -0.118. The van der Waals surface area contributed by atoms with Crippen molar-refractivity contribution in [3.63, 3.8) is 0 Å². The van der Waals surface area contributed by atoms with Crippen molar-refractivity contribution in [1.82, 2.24) is 10.2 Å². The zero-order chi connectivity index (χ0) is 28.4. The van der Waals surface area contributed by atoms with Gasteiger partial charge in [-0.1, -0.05) is 30.3 Å². The first-order chi connectivity index (χ1) is 18.5. The Morgan fingerprint density at radius 2 is 1.72 bits per heavy atom. The maximum Gasteiger partial charge on any atom is 0.409 e. The molecule has 1 fully saturated rings. The summed E-state index contributed by atoms with van der Waals surface area (Å²) in [6.07, 6.45) is 0.720. The number of alkyl carbamates (subject to hydrolysis) is 1. The Hall–Kier alpha value is -4.08. The third kappa shape index (κ3) is 9.63. The minimum absolute atomic E-state index is 0.0300. The molecule has 1 aliphatic rings. The summed E-state index contributed by atoms with van der Waals surface area (Å²) in [5.41, 5.74) is 1.00. The van der Waals surface area contributed by atoms with Gasteiger partial charge < -0.3 is 29.7 Å². The summed E-state index contributed by atoms with van der Waals surface area (Å²) < 4.78 is 15.6. The summed E-state index contributed by atoms with van der Waals surface area (Å²) in [7, 11) is 1.33. The fraction of sp³-hybridized carbons (Fsp3) is 0.448. The first kappa shape index (κ1) is 29.5. The minimum atomic E-state index is -0.915. The lowest BCUT2D eigenvalue weighted by atomic mass is 9.91. The van der Waals surface area contributed by atoms with Crippen LogP contribution in [0.4, 0.5) is 15.3 Å². The van der Waals surface area contributed by atoms with Crippen LogP contribution in [0.25, 0.3) is 0 Å². The van der Waals surface area contributed by atoms with Crippen LogP contribution in [0, 0.1) is 5.92 Å². The lowest BCUT2D eigenvalue weighted by Gasteiger charge is -2.33. The summed E-state index contributed by atoms with van der Waals surface area (Å²) in [4.78, 5) is 51.8. The first-order valence-corrected chi connectivity index (χ1v) is 13.0. The van der Waals surface area contributed by atoms with Crippen LogP contribution in [0.2, 0.25) is 0 Å². The number of carbonyl (C=O) groups excluding carboxylic acids is 4. The number of likely N-dealkylation sites (tertiary alicyclic amines) is 1. The smallest absolute Gasteiger partial charge is 0.409 e. The molecule has 0 aromatic heterocycles. The number of hydrogen-bond acceptors (Lipinski definition) is 7. The van der Waals surface area contributed by atoms with E-state index in [1.54, 1.807) is 49.9 Å². The maximum atomic E-state index is 13.3. The van der Waals surface area contributed by atoms with Gasteiger partial charge >= 0.3 is 18.2 Å². The molecule has 2 N–H and O–H groups in total. The fourth-order valence-electron chi connectivity index (χ4n) is 4.28. The van der Waals surface area contributed by atoms with Gasteiger partial charge in [-0.2, -0.15) is 0 Å². The van der Waals surface area contributed by atoms with E-state index in [2.05, 4.69) is 10.6 Å². The highest BCUT2D eigenvalue weighted by Crippen LogP contribution is 2.23. The van der Waals surface area contributed by atoms with Crippen molar-refractivity contribution < 1.29 is 33.4 Å². The summed E-state index contributed by atoms with van der Waals surface area (Å²) in [5.74, 6) is -0.932. The molecule has 1 aliphatic heterocycles. The van der Waals surface area contributed by atoms with Crippen molar-refractivity contribution in [3.8, 4) is 0 Å². The second-order valence-corrected chi connectivity index (χ2v) is 10.5. The molecule has 1 heterocycles. The molecule has 3 amide bonds. The van der Waals surface area contributed by atoms with Gasteiger partial charge in [0, 0.05) is 18.8 Å². The van der Waals surface area contributed by atoms with Crippen LogP contribution < -0.4 is 10.6 Å². The summed E-state index contributed by atoms with van der Waals surface area (Å²) in [5, 5.41) is 5.49. The van der Waals surface area contributed by atoms with Crippen molar-refractivity contribution in [2.24, 2.45) is 5.92 Å². The van der Waals surface area contributed by atoms with E-state index in [0.717, 1.165) is 18.4 Å². The number of amides is 3. The van der Waals surface area contributed by atoms with Gasteiger partial charge in [0.25, 0.3) is 0 Å². The molecule has 2 unspecified atom stereocenters. The average molecular weight is 540 g/mol. The number of carbonyl (C=O) groups is 4. The molecule has 0 saturated carbocycles. The zero-order valence-electron chi connectivity index (χ0n) is 22.9. The quantitative estimate of drug-likeness (QED) is 0.367. The van der Waals surface area contributed by atoms with E-state index < -0.39 is 35.7 Å². The van der Waals surface area contributed by atoms with Crippen molar-refractivity contribution in [2.75, 3.05) is 25.5 Å². The minimum Gasteiger partial charge on any atom is -0.456 e. The highest BCUT2D eigenvalue weighted by atomic mass is 16.6. The molecule has 210 valence electrons. The van der Waals surface area contributed by atoms with Crippen LogP contribution in [0.5, 0.6) is 0 Å². The van der Waals surface area contributed by atoms with E-state index in [4.69, 9.17) is 14.2 Å². The van der Waals surface area contributed by atoms with E-state index in [1.165, 1.54) is 7.11 Å². The standard InChI is InChI=1S/C29H37N3O7/c1-29(2,3)39-26(34)22-12-14-23(15-13-22)30-25(33)24(17-21-11-8-16-32(18-21)28(36)37-4)31-27(35)38-19-20-9-6-5-7-10-20/h5-7,9-10,12-15,21,24H,8,11,16-19H2,1-4H3,(H,30,33)(H,31,35). The molecule has 10 nitrogen and oxygen atoms in total. The van der Waals surface area contributed by atoms with E-state index >= 15 is 0 Å². The van der Waals surface area contributed by atoms with Crippen molar-refractivity contribution >= 4 is 29.8 Å². The summed E-state index contributed by atoms with van der Waals surface area (Å²) in [6, 6.07) is 14.6. The number of anilines is 1. The van der Waals surface area contributed by atoms with Gasteiger partial charge in [0.1, 0.15) is 18.2 Å². The third-order valence-electron chi connectivity index (χ3n) is 6.13. The zero-order valence-corrected chi connectivity index (χ0v) is 22.9. The number of nitrogens with one attached hydrogen (secondary N) is 2. The number of hydrogen-bond donors (Lipinski definition) is 2. The number of piperidine rings is 1. The Balaban J connectivity index is 1.67. The Bertz CT molecular complexity index is 1130. The van der Waals surface area contributed by atoms with Gasteiger partial charge in [-0.05, 0) is 75.8 Å². The molecule has 0 bridgehead atoms. The monoisotopic (exact) mass is 539 g/mol. The van der Waals surface area contributed by atoms with Crippen LogP contribution in [0.15, 0.2) is 54.6 Å². The largest absolute Gasteiger partial charge is 0.456 e. The first-order valence-electron chi connectivity index (χ1n) is 13.0. The Morgan fingerprint density at radius 1 is 1.03 bits per heavy atom. The number of rotatable bonds is 8. The second kappa shape index (κ2) is 13.6. The molecule has 0 spiro atoms. The van der Waals surface area contributed by atoms with Gasteiger partial charge in [0.2, 0.25) is 5.91 Å². The van der Waals surface area contributed by atoms with E-state index in [0.29, 0.717) is 30.8 Å². The molecule has 2 aromatic rings. The maximum absolute atomic E-state index is 13.3. The van der Waals surface area contributed by atoms with Crippen molar-refractivity contribution in [2.45, 2.75) is 58.3 Å². The van der Waals surface area contributed by atoms with Gasteiger partial charge in [0.05, 0.1) is 12.7 Å². The summed E-state index contributed by atoms with van der Waals surface area (Å²) in [6.45, 7) is 6.42. The highest BCUT2D eigenvalue weighted by molar-refractivity contribution is 5.97. The fourth-order valence-corrected chi connectivity index (χ4v) is 4.28. The number of benzene rings is 2. The van der Waals surface area contributed by atoms with Crippen LogP contribution in [0.1, 0.15) is 56.0 Å². The third-order valence-corrected chi connectivity index (χ3v) is 6.13. The Kier molecular flexibility index (Phi) is 10.3. The van der Waals surface area contributed by atoms with Gasteiger partial charge in [-0.25, -0.2) is 14.4 Å². The van der Waals surface area contributed by atoms with Gasteiger partial charge in [0.15, 0.2) is 0 Å². The number of esters is 1. The van der Waals surface area contributed by atoms with E-state index in [1.807, 2.05) is 30.3 Å². The predicted molar refractivity (Wildman–Crippen MR) is 145 cm³/mol. The molecule has 1 saturated heterocycles. The number of ether oxygens (including phenoxy) is 3. The average Bonchev–Trinajstić information content (AvgIpc) is 2.91. The van der Waals surface area contributed by atoms with Crippen LogP contribution in [-0.2, 0) is 25.6 Å². The van der Waals surface area contributed by atoms with Crippen molar-refractivity contribution in [1.29, 1.82) is 0 Å². The molecule has 39 heavy (non-hydrogen) atoms. The second-order valence-electron chi connectivity index (χ2n) is 10.5. The Labute approximate surface area is 229 Å². The summed E-state index contributed by atoms with van der Waals surface area (Å²) >= 11 is 0. The van der Waals surface area contributed by atoms with Gasteiger partial charge in [-0.15, -0.1) is 0 Å². The topological polar surface area (TPSA) is 123 Å². The number of nitrogens with zero attached hydrogens (tertiary/aromatic N) is 1. The Morgan fingerprint density at radius 3 is 2.36 bits per heavy atom. The van der Waals surface area contributed by atoms with E-state index in [9.17, 15) is 19.2 Å². The molecule has 10 heteroatoms. The lowest BCUT2D eigenvalue weighted by Crippen LogP contribution is -2.47. The molecular weight excluding hydrogens is 502 g/mol. The highest BCUT2D eigenvalue weighted by Gasteiger charge is 2.30. The normalized spacial score (nSPS) is 16.0. The molecule has 0 radical (unpaired) electrons. The molecule has 0 aliphatic carbocycles. The van der Waals surface area contributed by atoms with Crippen LogP contribution in [0.3, 0.4) is 0 Å². The van der Waals surface area contributed by atoms with Gasteiger partial charge in [-0.3, -0.25) is 4.79 Å².